The van der Waals surface area contributed by atoms with Gasteiger partial charge in [-0.15, -0.1) is 0 Å². The molecule has 2 saturated heterocycles. The molecule has 2 heterocycles. The molecule has 0 aromatic carbocycles. The fraction of sp³-hybridized carbons (Fsp3) is 1.00. The van der Waals surface area contributed by atoms with Crippen molar-refractivity contribution in [1.82, 2.24) is 0 Å². The van der Waals surface area contributed by atoms with Crippen LogP contribution in [0.2, 0.25) is 0 Å². The van der Waals surface area contributed by atoms with Crippen molar-refractivity contribution in [1.29, 1.82) is 0 Å². The first-order valence-corrected chi connectivity index (χ1v) is 6.19. The van der Waals surface area contributed by atoms with Crippen LogP contribution in [-0.4, -0.2) is 33.0 Å². The molecule has 88 valence electrons. The van der Waals surface area contributed by atoms with Crippen LogP contribution >= 0.6 is 0 Å². The second-order valence-electron chi connectivity index (χ2n) is 4.95. The van der Waals surface area contributed by atoms with Gasteiger partial charge in [0.25, 0.3) is 0 Å². The van der Waals surface area contributed by atoms with E-state index in [-0.39, 0.29) is 0 Å². The van der Waals surface area contributed by atoms with Crippen LogP contribution in [0.4, 0.5) is 0 Å². The summed E-state index contributed by atoms with van der Waals surface area (Å²) < 4.78 is 10.9. The molecule has 2 rings (SSSR count). The molecule has 2 aliphatic rings. The zero-order chi connectivity index (χ0) is 10.7. The van der Waals surface area contributed by atoms with Gasteiger partial charge in [0.05, 0.1) is 13.2 Å². The third kappa shape index (κ3) is 1.93. The minimum absolute atomic E-state index is 0.382. The van der Waals surface area contributed by atoms with E-state index in [1.165, 1.54) is 19.3 Å². The average Bonchev–Trinajstić information content (AvgIpc) is 2.24. The number of ether oxygens (including phenoxy) is 2. The number of hydrogen-bond donors (Lipinski definition) is 1. The lowest BCUT2D eigenvalue weighted by Crippen LogP contribution is -2.56. The van der Waals surface area contributed by atoms with Gasteiger partial charge in [-0.3, -0.25) is 0 Å². The monoisotopic (exact) mass is 213 g/mol. The molecule has 2 fully saturated rings. The molecule has 0 bridgehead atoms. The van der Waals surface area contributed by atoms with Crippen LogP contribution in [0.1, 0.15) is 26.2 Å². The minimum Gasteiger partial charge on any atom is -0.381 e. The van der Waals surface area contributed by atoms with Crippen LogP contribution in [0.5, 0.6) is 0 Å². The summed E-state index contributed by atoms with van der Waals surface area (Å²) in [5, 5.41) is 0. The van der Waals surface area contributed by atoms with E-state index in [2.05, 4.69) is 6.92 Å². The van der Waals surface area contributed by atoms with Gasteiger partial charge >= 0.3 is 0 Å². The molecule has 0 spiro atoms. The fourth-order valence-electron chi connectivity index (χ4n) is 3.22. The fourth-order valence-corrected chi connectivity index (χ4v) is 3.22. The Morgan fingerprint density at radius 1 is 1.27 bits per heavy atom. The molecule has 0 radical (unpaired) electrons. The molecule has 2 N–H and O–H groups in total. The van der Waals surface area contributed by atoms with Gasteiger partial charge in [-0.25, -0.2) is 0 Å². The Hall–Kier alpha value is -0.120. The van der Waals surface area contributed by atoms with Gasteiger partial charge in [0, 0.05) is 18.6 Å². The van der Waals surface area contributed by atoms with Gasteiger partial charge in [-0.1, -0.05) is 13.3 Å². The maximum Gasteiger partial charge on any atom is 0.0550 e. The van der Waals surface area contributed by atoms with Gasteiger partial charge in [0.1, 0.15) is 0 Å². The van der Waals surface area contributed by atoms with Gasteiger partial charge in [-0.2, -0.15) is 0 Å². The minimum atomic E-state index is 0.382. The Kier molecular flexibility index (Phi) is 3.65. The van der Waals surface area contributed by atoms with Crippen molar-refractivity contribution in [2.45, 2.75) is 26.2 Å². The summed E-state index contributed by atoms with van der Waals surface area (Å²) in [4.78, 5) is 0. The standard InChI is InChI=1S/C12H23NO2/c1-2-10(7-13)12(8-15-9-12)11-3-5-14-6-4-11/h10-11H,2-9,13H2,1H3. The van der Waals surface area contributed by atoms with Crippen LogP contribution in [0.25, 0.3) is 0 Å². The van der Waals surface area contributed by atoms with Gasteiger partial charge in [-0.05, 0) is 31.2 Å². The summed E-state index contributed by atoms with van der Waals surface area (Å²) in [5.74, 6) is 1.41. The number of nitrogens with two attached hydrogens (primary N) is 1. The lowest BCUT2D eigenvalue weighted by atomic mass is 9.62. The summed E-state index contributed by atoms with van der Waals surface area (Å²) in [6, 6.07) is 0. The smallest absolute Gasteiger partial charge is 0.0550 e. The van der Waals surface area contributed by atoms with Crippen molar-refractivity contribution < 1.29 is 9.47 Å². The lowest BCUT2D eigenvalue weighted by Gasteiger charge is -2.53. The van der Waals surface area contributed by atoms with Crippen molar-refractivity contribution in [2.75, 3.05) is 33.0 Å². The van der Waals surface area contributed by atoms with Gasteiger partial charge in [0.15, 0.2) is 0 Å². The van der Waals surface area contributed by atoms with Gasteiger partial charge < -0.3 is 15.2 Å². The molecule has 3 nitrogen and oxygen atoms in total. The SMILES string of the molecule is CCC(CN)C1(C2CCOCC2)COC1. The Labute approximate surface area is 92.3 Å². The molecule has 0 aromatic rings. The molecular formula is C12H23NO2. The van der Waals surface area contributed by atoms with E-state index >= 15 is 0 Å². The lowest BCUT2D eigenvalue weighted by molar-refractivity contribution is -0.191. The molecule has 2 aliphatic heterocycles. The van der Waals surface area contributed by atoms with E-state index in [0.29, 0.717) is 11.3 Å². The highest BCUT2D eigenvalue weighted by Gasteiger charge is 2.49. The summed E-state index contributed by atoms with van der Waals surface area (Å²) in [7, 11) is 0. The highest BCUT2D eigenvalue weighted by molar-refractivity contribution is 4.97. The second kappa shape index (κ2) is 4.81. The first kappa shape index (κ1) is 11.4. The summed E-state index contributed by atoms with van der Waals surface area (Å²) in [5.41, 5.74) is 6.28. The van der Waals surface area contributed by atoms with Crippen molar-refractivity contribution in [2.24, 2.45) is 23.0 Å². The van der Waals surface area contributed by atoms with Crippen molar-refractivity contribution in [3.63, 3.8) is 0 Å². The van der Waals surface area contributed by atoms with Crippen molar-refractivity contribution >= 4 is 0 Å². The van der Waals surface area contributed by atoms with Crippen LogP contribution in [0.15, 0.2) is 0 Å². The predicted octanol–water partition coefficient (Wildman–Crippen LogP) is 1.41. The van der Waals surface area contributed by atoms with Crippen LogP contribution in [0.3, 0.4) is 0 Å². The van der Waals surface area contributed by atoms with E-state index in [4.69, 9.17) is 15.2 Å². The average molecular weight is 213 g/mol. The van der Waals surface area contributed by atoms with E-state index in [1.807, 2.05) is 0 Å². The molecule has 1 atom stereocenters. The topological polar surface area (TPSA) is 44.5 Å². The maximum atomic E-state index is 5.90. The maximum absolute atomic E-state index is 5.90. The van der Waals surface area contributed by atoms with Crippen molar-refractivity contribution in [3.05, 3.63) is 0 Å². The van der Waals surface area contributed by atoms with Crippen LogP contribution < -0.4 is 5.73 Å². The molecule has 0 saturated carbocycles. The third-order valence-corrected chi connectivity index (χ3v) is 4.37. The normalized spacial score (nSPS) is 28.4. The van der Waals surface area contributed by atoms with Crippen LogP contribution in [0, 0.1) is 17.3 Å². The van der Waals surface area contributed by atoms with E-state index < -0.39 is 0 Å². The number of rotatable bonds is 4. The Balaban J connectivity index is 2.05. The van der Waals surface area contributed by atoms with E-state index in [1.54, 1.807) is 0 Å². The molecule has 0 amide bonds. The third-order valence-electron chi connectivity index (χ3n) is 4.37. The van der Waals surface area contributed by atoms with Crippen LogP contribution in [-0.2, 0) is 9.47 Å². The first-order chi connectivity index (χ1) is 7.33. The second-order valence-corrected chi connectivity index (χ2v) is 4.95. The highest BCUT2D eigenvalue weighted by atomic mass is 16.5. The molecule has 15 heavy (non-hydrogen) atoms. The van der Waals surface area contributed by atoms with Crippen molar-refractivity contribution in [3.8, 4) is 0 Å². The predicted molar refractivity (Wildman–Crippen MR) is 59.6 cm³/mol. The zero-order valence-electron chi connectivity index (χ0n) is 9.71. The van der Waals surface area contributed by atoms with E-state index in [0.717, 1.165) is 38.9 Å². The largest absolute Gasteiger partial charge is 0.381 e. The summed E-state index contributed by atoms with van der Waals surface area (Å²) >= 11 is 0. The van der Waals surface area contributed by atoms with E-state index in [9.17, 15) is 0 Å². The summed E-state index contributed by atoms with van der Waals surface area (Å²) in [6.45, 7) is 6.75. The highest BCUT2D eigenvalue weighted by Crippen LogP contribution is 2.47. The molecule has 0 aliphatic carbocycles. The summed E-state index contributed by atoms with van der Waals surface area (Å²) in [6.07, 6.45) is 3.57. The van der Waals surface area contributed by atoms with Gasteiger partial charge in [0.2, 0.25) is 0 Å². The molecule has 3 heteroatoms. The first-order valence-electron chi connectivity index (χ1n) is 6.19. The molecule has 1 unspecified atom stereocenters. The Morgan fingerprint density at radius 3 is 2.33 bits per heavy atom. The quantitative estimate of drug-likeness (QED) is 0.768. The Morgan fingerprint density at radius 2 is 1.93 bits per heavy atom. The molecular weight excluding hydrogens is 190 g/mol. The Bertz CT molecular complexity index is 194. The molecule has 0 aromatic heterocycles. The number of hydrogen-bond acceptors (Lipinski definition) is 3. The zero-order valence-corrected chi connectivity index (χ0v) is 9.71.